The third kappa shape index (κ3) is 3.09. The predicted molar refractivity (Wildman–Crippen MR) is 107 cm³/mol. The van der Waals surface area contributed by atoms with Crippen LogP contribution in [0.1, 0.15) is 5.56 Å². The number of rotatable bonds is 4. The zero-order valence-corrected chi connectivity index (χ0v) is 14.9. The number of carbonyl (C=O) groups is 2. The van der Waals surface area contributed by atoms with E-state index in [1.54, 1.807) is 16.8 Å². The van der Waals surface area contributed by atoms with Gasteiger partial charge in [-0.05, 0) is 36.5 Å². The zero-order valence-electron chi connectivity index (χ0n) is 14.1. The lowest BCUT2D eigenvalue weighted by atomic mass is 10.1. The van der Waals surface area contributed by atoms with E-state index in [0.29, 0.717) is 16.5 Å². The van der Waals surface area contributed by atoms with Crippen LogP contribution < -0.4 is 10.2 Å². The largest absolute Gasteiger partial charge is 0.480 e. The Balaban J connectivity index is 1.75. The molecule has 1 fully saturated rings. The van der Waals surface area contributed by atoms with E-state index >= 15 is 0 Å². The van der Waals surface area contributed by atoms with Gasteiger partial charge in [-0.25, -0.2) is 0 Å². The fourth-order valence-corrected chi connectivity index (χ4v) is 3.47. The molecule has 0 aliphatic carbocycles. The number of carboxylic acids is 1. The molecule has 0 unspecified atom stereocenters. The van der Waals surface area contributed by atoms with Crippen molar-refractivity contribution < 1.29 is 14.7 Å². The molecule has 1 saturated heterocycles. The molecule has 3 aromatic rings. The molecule has 1 aromatic heterocycles. The molecular formula is C20H15N3O3S. The Hall–Kier alpha value is -3.45. The third-order valence-electron chi connectivity index (χ3n) is 4.32. The first kappa shape index (κ1) is 17.0. The van der Waals surface area contributed by atoms with Crippen molar-refractivity contribution in [2.45, 2.75) is 6.54 Å². The fraction of sp³-hybridized carbons (Fsp3) is 0.0500. The molecular weight excluding hydrogens is 362 g/mol. The second-order valence-corrected chi connectivity index (χ2v) is 6.47. The maximum absolute atomic E-state index is 12.8. The fourth-order valence-electron chi connectivity index (χ4n) is 3.17. The number of fused-ring (bicyclic) bond motifs is 1. The SMILES string of the molecule is O=C(O)Cn1cc(C=C2NC(=S)N(c3ccccc3)C2=O)c2ccccc21. The molecule has 2 N–H and O–H groups in total. The molecule has 1 aliphatic heterocycles. The van der Waals surface area contributed by atoms with Crippen molar-refractivity contribution in [3.63, 3.8) is 0 Å². The summed E-state index contributed by atoms with van der Waals surface area (Å²) in [4.78, 5) is 25.4. The Labute approximate surface area is 160 Å². The van der Waals surface area contributed by atoms with E-state index in [1.807, 2.05) is 54.6 Å². The minimum atomic E-state index is -0.929. The molecule has 0 radical (unpaired) electrons. The second-order valence-electron chi connectivity index (χ2n) is 6.09. The highest BCUT2D eigenvalue weighted by molar-refractivity contribution is 7.80. The van der Waals surface area contributed by atoms with E-state index in [1.165, 1.54) is 4.90 Å². The van der Waals surface area contributed by atoms with Gasteiger partial charge in [0.05, 0.1) is 5.69 Å². The first-order valence-electron chi connectivity index (χ1n) is 8.26. The average molecular weight is 377 g/mol. The summed E-state index contributed by atoms with van der Waals surface area (Å²) in [7, 11) is 0. The van der Waals surface area contributed by atoms with Crippen LogP contribution in [-0.4, -0.2) is 26.7 Å². The molecule has 0 saturated carbocycles. The van der Waals surface area contributed by atoms with Crippen LogP contribution in [0.15, 0.2) is 66.5 Å². The number of anilines is 1. The van der Waals surface area contributed by atoms with E-state index in [0.717, 1.165) is 16.5 Å². The quantitative estimate of drug-likeness (QED) is 0.540. The molecule has 2 aromatic carbocycles. The number of carboxylic acid groups (broad SMARTS) is 1. The van der Waals surface area contributed by atoms with Crippen LogP contribution >= 0.6 is 12.2 Å². The van der Waals surface area contributed by atoms with Crippen molar-refractivity contribution in [2.75, 3.05) is 4.90 Å². The van der Waals surface area contributed by atoms with Crippen molar-refractivity contribution >= 4 is 51.9 Å². The van der Waals surface area contributed by atoms with Gasteiger partial charge < -0.3 is 15.0 Å². The lowest BCUT2D eigenvalue weighted by Gasteiger charge is -2.13. The first-order valence-corrected chi connectivity index (χ1v) is 8.67. The van der Waals surface area contributed by atoms with Crippen LogP contribution in [0.2, 0.25) is 0 Å². The highest BCUT2D eigenvalue weighted by Gasteiger charge is 2.32. The van der Waals surface area contributed by atoms with Crippen LogP contribution in [0.5, 0.6) is 0 Å². The van der Waals surface area contributed by atoms with E-state index in [2.05, 4.69) is 5.32 Å². The molecule has 2 heterocycles. The number of para-hydroxylation sites is 2. The summed E-state index contributed by atoms with van der Waals surface area (Å²) >= 11 is 5.32. The number of nitrogens with zero attached hydrogens (tertiary/aromatic N) is 2. The number of aliphatic carboxylic acids is 1. The van der Waals surface area contributed by atoms with Gasteiger partial charge >= 0.3 is 5.97 Å². The lowest BCUT2D eigenvalue weighted by molar-refractivity contribution is -0.137. The summed E-state index contributed by atoms with van der Waals surface area (Å²) in [6.07, 6.45) is 3.44. The topological polar surface area (TPSA) is 74.6 Å². The van der Waals surface area contributed by atoms with Gasteiger partial charge in [0.2, 0.25) is 0 Å². The highest BCUT2D eigenvalue weighted by atomic mass is 32.1. The summed E-state index contributed by atoms with van der Waals surface area (Å²) in [6, 6.07) is 16.6. The Morgan fingerprint density at radius 2 is 1.81 bits per heavy atom. The third-order valence-corrected chi connectivity index (χ3v) is 4.60. The zero-order chi connectivity index (χ0) is 19.0. The number of thiocarbonyl (C=S) groups is 1. The van der Waals surface area contributed by atoms with Crippen molar-refractivity contribution in [1.82, 2.24) is 9.88 Å². The maximum Gasteiger partial charge on any atom is 0.323 e. The molecule has 1 amide bonds. The summed E-state index contributed by atoms with van der Waals surface area (Å²) in [6.45, 7) is -0.153. The molecule has 7 heteroatoms. The van der Waals surface area contributed by atoms with Gasteiger partial charge in [-0.15, -0.1) is 0 Å². The number of benzene rings is 2. The molecule has 0 spiro atoms. The molecule has 27 heavy (non-hydrogen) atoms. The predicted octanol–water partition coefficient (Wildman–Crippen LogP) is 2.99. The lowest BCUT2D eigenvalue weighted by Crippen LogP contribution is -2.30. The molecule has 0 bridgehead atoms. The number of amides is 1. The molecule has 0 atom stereocenters. The summed E-state index contributed by atoms with van der Waals surface area (Å²) in [5, 5.41) is 13.3. The van der Waals surface area contributed by atoms with Crippen LogP contribution in [0.25, 0.3) is 17.0 Å². The summed E-state index contributed by atoms with van der Waals surface area (Å²) < 4.78 is 1.65. The summed E-state index contributed by atoms with van der Waals surface area (Å²) in [5.41, 5.74) is 2.58. The molecule has 4 rings (SSSR count). The van der Waals surface area contributed by atoms with Crippen LogP contribution in [-0.2, 0) is 16.1 Å². The number of hydrogen-bond acceptors (Lipinski definition) is 3. The highest BCUT2D eigenvalue weighted by Crippen LogP contribution is 2.26. The Morgan fingerprint density at radius 1 is 1.11 bits per heavy atom. The number of hydrogen-bond donors (Lipinski definition) is 2. The summed E-state index contributed by atoms with van der Waals surface area (Å²) in [5.74, 6) is -1.18. The van der Waals surface area contributed by atoms with E-state index in [-0.39, 0.29) is 12.5 Å². The van der Waals surface area contributed by atoms with E-state index in [9.17, 15) is 9.59 Å². The van der Waals surface area contributed by atoms with E-state index < -0.39 is 5.97 Å². The minimum Gasteiger partial charge on any atom is -0.480 e. The number of aromatic nitrogens is 1. The van der Waals surface area contributed by atoms with Crippen molar-refractivity contribution in [3.05, 3.63) is 72.1 Å². The Bertz CT molecular complexity index is 1100. The maximum atomic E-state index is 12.8. The minimum absolute atomic E-state index is 0.153. The van der Waals surface area contributed by atoms with Gasteiger partial charge in [0.1, 0.15) is 12.2 Å². The van der Waals surface area contributed by atoms with Gasteiger partial charge in [0.15, 0.2) is 5.11 Å². The molecule has 6 nitrogen and oxygen atoms in total. The number of carbonyl (C=O) groups excluding carboxylic acids is 1. The van der Waals surface area contributed by atoms with Gasteiger partial charge in [-0.3, -0.25) is 14.5 Å². The van der Waals surface area contributed by atoms with Crippen LogP contribution in [0.4, 0.5) is 5.69 Å². The smallest absolute Gasteiger partial charge is 0.323 e. The van der Waals surface area contributed by atoms with Gasteiger partial charge in [0.25, 0.3) is 5.91 Å². The molecule has 134 valence electrons. The molecule has 1 aliphatic rings. The monoisotopic (exact) mass is 377 g/mol. The normalized spacial score (nSPS) is 15.6. The van der Waals surface area contributed by atoms with Crippen LogP contribution in [0.3, 0.4) is 0 Å². The average Bonchev–Trinajstić information content (AvgIpc) is 3.13. The van der Waals surface area contributed by atoms with Gasteiger partial charge in [-0.2, -0.15) is 0 Å². The Morgan fingerprint density at radius 3 is 2.56 bits per heavy atom. The second kappa shape index (κ2) is 6.69. The number of nitrogens with one attached hydrogen (secondary N) is 1. The van der Waals surface area contributed by atoms with Crippen molar-refractivity contribution in [1.29, 1.82) is 0 Å². The van der Waals surface area contributed by atoms with Crippen molar-refractivity contribution in [2.24, 2.45) is 0 Å². The standard InChI is InChI=1S/C20H15N3O3S/c24-18(25)12-22-11-13(15-8-4-5-9-17(15)22)10-16-19(26)23(20(27)21-16)14-6-2-1-3-7-14/h1-11H,12H2,(H,21,27)(H,24,25). The van der Waals surface area contributed by atoms with Gasteiger partial charge in [0, 0.05) is 22.7 Å². The van der Waals surface area contributed by atoms with E-state index in [4.69, 9.17) is 17.3 Å². The van der Waals surface area contributed by atoms with Crippen LogP contribution in [0, 0.1) is 0 Å². The Kier molecular flexibility index (Phi) is 4.21. The van der Waals surface area contributed by atoms with Crippen molar-refractivity contribution in [3.8, 4) is 0 Å². The van der Waals surface area contributed by atoms with Gasteiger partial charge in [-0.1, -0.05) is 36.4 Å². The first-order chi connectivity index (χ1) is 13.0.